The van der Waals surface area contributed by atoms with E-state index in [2.05, 4.69) is 0 Å². The molecule has 2 atom stereocenters. The van der Waals surface area contributed by atoms with Gasteiger partial charge in [-0.1, -0.05) is 18.2 Å². The van der Waals surface area contributed by atoms with Crippen LogP contribution >= 0.6 is 0 Å². The monoisotopic (exact) mass is 435 g/mol. The van der Waals surface area contributed by atoms with Gasteiger partial charge in [0, 0.05) is 44.8 Å². The number of fused-ring (bicyclic) bond motifs is 1. The molecule has 0 radical (unpaired) electrons. The van der Waals surface area contributed by atoms with Gasteiger partial charge in [-0.2, -0.15) is 13.2 Å². The number of alkyl halides is 3. The second-order valence-electron chi connectivity index (χ2n) is 8.15. The van der Waals surface area contributed by atoms with E-state index in [9.17, 15) is 27.6 Å². The molecule has 0 bridgehead atoms. The summed E-state index contributed by atoms with van der Waals surface area (Å²) < 4.78 is 38.8. The van der Waals surface area contributed by atoms with Crippen molar-refractivity contribution >= 4 is 23.4 Å². The lowest BCUT2D eigenvalue weighted by molar-refractivity contribution is -0.141. The highest BCUT2D eigenvalue weighted by molar-refractivity contribution is 6.05. The smallest absolute Gasteiger partial charge is 0.368 e. The second kappa shape index (κ2) is 8.36. The second-order valence-corrected chi connectivity index (χ2v) is 8.15. The molecule has 1 aliphatic carbocycles. The Kier molecular flexibility index (Phi) is 5.77. The number of hydrogen-bond acceptors (Lipinski definition) is 4. The molecule has 4 rings (SSSR count). The summed E-state index contributed by atoms with van der Waals surface area (Å²) in [5, 5.41) is 0. The highest BCUT2D eigenvalue weighted by Crippen LogP contribution is 2.35. The van der Waals surface area contributed by atoms with Crippen LogP contribution in [0.5, 0.6) is 0 Å². The molecule has 2 fully saturated rings. The number of halogens is 3. The molecule has 2 heterocycles. The van der Waals surface area contributed by atoms with E-state index in [4.69, 9.17) is 0 Å². The lowest BCUT2D eigenvalue weighted by atomic mass is 9.85. The highest BCUT2D eigenvalue weighted by atomic mass is 19.4. The first-order valence-electron chi connectivity index (χ1n) is 10.5. The summed E-state index contributed by atoms with van der Waals surface area (Å²) >= 11 is 0. The molecule has 6 nitrogen and oxygen atoms in total. The molecule has 2 aliphatic heterocycles. The Morgan fingerprint density at radius 1 is 0.968 bits per heavy atom. The molecule has 3 amide bonds. The number of nitrogens with zero attached hydrogens (tertiary/aromatic N) is 3. The number of amides is 3. The van der Waals surface area contributed by atoms with Crippen LogP contribution in [0.15, 0.2) is 36.4 Å². The van der Waals surface area contributed by atoms with Crippen molar-refractivity contribution in [3.8, 4) is 0 Å². The minimum absolute atomic E-state index is 0.0634. The topological polar surface area (TPSA) is 60.9 Å². The van der Waals surface area contributed by atoms with Crippen molar-refractivity contribution in [2.24, 2.45) is 11.8 Å². The first-order valence-corrected chi connectivity index (χ1v) is 10.5. The van der Waals surface area contributed by atoms with Gasteiger partial charge in [0.05, 0.1) is 17.4 Å². The van der Waals surface area contributed by atoms with Crippen molar-refractivity contribution in [3.05, 3.63) is 42.0 Å². The number of anilines is 1. The Morgan fingerprint density at radius 2 is 1.58 bits per heavy atom. The van der Waals surface area contributed by atoms with E-state index in [0.29, 0.717) is 44.7 Å². The molecule has 31 heavy (non-hydrogen) atoms. The van der Waals surface area contributed by atoms with E-state index < -0.39 is 11.7 Å². The summed E-state index contributed by atoms with van der Waals surface area (Å²) in [6.07, 6.45) is 0.643. The third-order valence-corrected chi connectivity index (χ3v) is 6.32. The molecule has 2 saturated heterocycles. The van der Waals surface area contributed by atoms with Crippen molar-refractivity contribution in [1.29, 1.82) is 0 Å². The predicted molar refractivity (Wildman–Crippen MR) is 107 cm³/mol. The molecule has 0 unspecified atom stereocenters. The van der Waals surface area contributed by atoms with Gasteiger partial charge in [-0.15, -0.1) is 0 Å². The van der Waals surface area contributed by atoms with E-state index in [0.717, 1.165) is 12.1 Å². The third kappa shape index (κ3) is 4.31. The van der Waals surface area contributed by atoms with Gasteiger partial charge in [-0.3, -0.25) is 19.3 Å². The Balaban J connectivity index is 1.29. The Bertz CT molecular complexity index is 881. The molecule has 166 valence electrons. The zero-order chi connectivity index (χ0) is 22.2. The van der Waals surface area contributed by atoms with E-state index in [-0.39, 0.29) is 42.5 Å². The first kappa shape index (κ1) is 21.4. The summed E-state index contributed by atoms with van der Waals surface area (Å²) in [5.74, 6) is -1.15. The molecule has 0 aromatic heterocycles. The van der Waals surface area contributed by atoms with Crippen LogP contribution < -0.4 is 4.90 Å². The molecule has 0 N–H and O–H groups in total. The number of likely N-dealkylation sites (tertiary alicyclic amines) is 1. The number of rotatable bonds is 4. The van der Waals surface area contributed by atoms with Crippen LogP contribution in [0, 0.1) is 11.8 Å². The standard InChI is InChI=1S/C22H24F3N3O3/c23-22(24,25)15-4-3-5-16(14-15)26-10-12-27(13-11-26)19(29)8-9-28-20(30)17-6-1-2-7-18(17)21(28)31/h1-5,14,17-18H,6-13H2/t17-,18+. The zero-order valence-corrected chi connectivity index (χ0v) is 17.0. The van der Waals surface area contributed by atoms with Gasteiger partial charge in [-0.25, -0.2) is 0 Å². The maximum Gasteiger partial charge on any atom is 0.416 e. The maximum absolute atomic E-state index is 12.9. The maximum atomic E-state index is 12.9. The van der Waals surface area contributed by atoms with Gasteiger partial charge >= 0.3 is 6.18 Å². The highest BCUT2D eigenvalue weighted by Gasteiger charge is 2.47. The molecule has 1 aromatic rings. The van der Waals surface area contributed by atoms with E-state index >= 15 is 0 Å². The summed E-state index contributed by atoms with van der Waals surface area (Å²) in [5.41, 5.74) is -0.217. The van der Waals surface area contributed by atoms with Crippen molar-refractivity contribution in [1.82, 2.24) is 9.80 Å². The van der Waals surface area contributed by atoms with Crippen molar-refractivity contribution in [2.45, 2.75) is 25.4 Å². The summed E-state index contributed by atoms with van der Waals surface area (Å²) in [6.45, 7) is 1.69. The molecule has 0 saturated carbocycles. The molecular weight excluding hydrogens is 411 g/mol. The molecule has 0 spiro atoms. The SMILES string of the molecule is O=C(CCN1C(=O)[C@H]2CC=CC[C@H]2C1=O)N1CCN(c2cccc(C(F)(F)F)c2)CC1. The van der Waals surface area contributed by atoms with E-state index in [1.54, 1.807) is 11.0 Å². The normalized spacial score (nSPS) is 24.0. The lowest BCUT2D eigenvalue weighted by Gasteiger charge is -2.36. The van der Waals surface area contributed by atoms with E-state index in [1.807, 2.05) is 17.1 Å². The minimum atomic E-state index is -4.40. The fourth-order valence-corrected chi connectivity index (χ4v) is 4.55. The Morgan fingerprint density at radius 3 is 2.16 bits per heavy atom. The predicted octanol–water partition coefficient (Wildman–Crippen LogP) is 2.70. The number of carbonyl (C=O) groups is 3. The van der Waals surface area contributed by atoms with Gasteiger partial charge in [0.15, 0.2) is 0 Å². The quantitative estimate of drug-likeness (QED) is 0.539. The number of carbonyl (C=O) groups excluding carboxylic acids is 3. The first-order chi connectivity index (χ1) is 14.8. The van der Waals surface area contributed by atoms with Gasteiger partial charge in [0.1, 0.15) is 0 Å². The zero-order valence-electron chi connectivity index (χ0n) is 17.0. The summed E-state index contributed by atoms with van der Waals surface area (Å²) in [7, 11) is 0. The molecule has 3 aliphatic rings. The van der Waals surface area contributed by atoms with Gasteiger partial charge < -0.3 is 9.80 Å². The number of hydrogen-bond donors (Lipinski definition) is 0. The van der Waals surface area contributed by atoms with Crippen LogP contribution in [-0.2, 0) is 20.6 Å². The van der Waals surface area contributed by atoms with Crippen LogP contribution in [0.3, 0.4) is 0 Å². The van der Waals surface area contributed by atoms with Crippen LogP contribution in [-0.4, -0.2) is 60.2 Å². The van der Waals surface area contributed by atoms with Crippen LogP contribution in [0.2, 0.25) is 0 Å². The Labute approximate surface area is 178 Å². The van der Waals surface area contributed by atoms with Crippen LogP contribution in [0.25, 0.3) is 0 Å². The number of piperazine rings is 1. The van der Waals surface area contributed by atoms with Crippen molar-refractivity contribution in [2.75, 3.05) is 37.6 Å². The fraction of sp³-hybridized carbons (Fsp3) is 0.500. The molecule has 1 aromatic carbocycles. The number of imide groups is 1. The minimum Gasteiger partial charge on any atom is -0.368 e. The summed E-state index contributed by atoms with van der Waals surface area (Å²) in [4.78, 5) is 42.3. The summed E-state index contributed by atoms with van der Waals surface area (Å²) in [6, 6.07) is 5.17. The van der Waals surface area contributed by atoms with E-state index in [1.165, 1.54) is 11.0 Å². The number of benzene rings is 1. The van der Waals surface area contributed by atoms with Gasteiger partial charge in [-0.05, 0) is 31.0 Å². The van der Waals surface area contributed by atoms with Crippen molar-refractivity contribution in [3.63, 3.8) is 0 Å². The largest absolute Gasteiger partial charge is 0.416 e. The molecular formula is C22H24F3N3O3. The molecule has 9 heteroatoms. The lowest BCUT2D eigenvalue weighted by Crippen LogP contribution is -2.49. The fourth-order valence-electron chi connectivity index (χ4n) is 4.55. The Hall–Kier alpha value is -2.84. The average molecular weight is 435 g/mol. The van der Waals surface area contributed by atoms with Crippen LogP contribution in [0.4, 0.5) is 18.9 Å². The van der Waals surface area contributed by atoms with Crippen LogP contribution in [0.1, 0.15) is 24.8 Å². The van der Waals surface area contributed by atoms with Gasteiger partial charge in [0.2, 0.25) is 17.7 Å². The van der Waals surface area contributed by atoms with Gasteiger partial charge in [0.25, 0.3) is 0 Å². The average Bonchev–Trinajstić information content (AvgIpc) is 3.02. The third-order valence-electron chi connectivity index (χ3n) is 6.32. The number of allylic oxidation sites excluding steroid dienone is 2. The van der Waals surface area contributed by atoms with Crippen molar-refractivity contribution < 1.29 is 27.6 Å².